The van der Waals surface area contributed by atoms with Crippen LogP contribution < -0.4 is 5.32 Å². The first-order valence-electron chi connectivity index (χ1n) is 7.26. The Morgan fingerprint density at radius 3 is 2.61 bits per heavy atom. The summed E-state index contributed by atoms with van der Waals surface area (Å²) in [6.07, 6.45) is 6.66. The first-order chi connectivity index (χ1) is 8.77. The normalized spacial score (nSPS) is 12.4. The molecule has 0 heterocycles. The van der Waals surface area contributed by atoms with E-state index in [1.54, 1.807) is 0 Å². The monoisotopic (exact) mass is 265 g/mol. The van der Waals surface area contributed by atoms with Crippen LogP contribution in [0, 0.1) is 0 Å². The van der Waals surface area contributed by atoms with E-state index < -0.39 is 0 Å². The Morgan fingerprint density at radius 1 is 1.11 bits per heavy atom. The van der Waals surface area contributed by atoms with Gasteiger partial charge >= 0.3 is 0 Å². The smallest absolute Gasteiger partial charge is 0.0480 e. The molecule has 0 saturated carbocycles. The van der Waals surface area contributed by atoms with E-state index in [1.807, 2.05) is 11.8 Å². The lowest BCUT2D eigenvalue weighted by molar-refractivity contribution is 0.593. The molecule has 1 rings (SSSR count). The van der Waals surface area contributed by atoms with Gasteiger partial charge in [-0.25, -0.2) is 0 Å². The molecule has 0 bridgehead atoms. The number of unbranched alkanes of at least 4 members (excludes halogenated alkanes) is 3. The molecule has 18 heavy (non-hydrogen) atoms. The molecule has 0 amide bonds. The summed E-state index contributed by atoms with van der Waals surface area (Å²) in [7, 11) is 0. The molecule has 1 unspecified atom stereocenters. The lowest BCUT2D eigenvalue weighted by Gasteiger charge is -2.17. The summed E-state index contributed by atoms with van der Waals surface area (Å²) < 4.78 is 0. The third-order valence-corrected chi connectivity index (χ3v) is 4.04. The van der Waals surface area contributed by atoms with E-state index in [4.69, 9.17) is 0 Å². The van der Waals surface area contributed by atoms with Gasteiger partial charge in [0.15, 0.2) is 0 Å². The molecular weight excluding hydrogens is 238 g/mol. The van der Waals surface area contributed by atoms with E-state index >= 15 is 0 Å². The zero-order valence-corrected chi connectivity index (χ0v) is 12.9. The molecule has 2 heteroatoms. The lowest BCUT2D eigenvalue weighted by Crippen LogP contribution is -2.15. The van der Waals surface area contributed by atoms with Crippen LogP contribution in [0.15, 0.2) is 29.2 Å². The van der Waals surface area contributed by atoms with Crippen LogP contribution in [0.2, 0.25) is 0 Å². The second-order valence-corrected chi connectivity index (χ2v) is 6.13. The summed E-state index contributed by atoms with van der Waals surface area (Å²) in [5, 5.41) is 3.65. The van der Waals surface area contributed by atoms with Crippen molar-refractivity contribution >= 4 is 17.4 Å². The third-order valence-electron chi connectivity index (χ3n) is 3.08. The fourth-order valence-electron chi connectivity index (χ4n) is 2.08. The second kappa shape index (κ2) is 9.32. The highest BCUT2D eigenvalue weighted by molar-refractivity contribution is 7.99. The summed E-state index contributed by atoms with van der Waals surface area (Å²) in [6.45, 7) is 6.76. The Balaban J connectivity index is 2.40. The first kappa shape index (κ1) is 15.4. The number of para-hydroxylation sites is 1. The second-order valence-electron chi connectivity index (χ2n) is 4.82. The zero-order chi connectivity index (χ0) is 13.2. The number of rotatable bonds is 9. The maximum atomic E-state index is 3.65. The molecule has 1 aromatic carbocycles. The van der Waals surface area contributed by atoms with Crippen molar-refractivity contribution in [3.05, 3.63) is 24.3 Å². The molecule has 0 aliphatic rings. The minimum Gasteiger partial charge on any atom is -0.382 e. The van der Waals surface area contributed by atoms with Gasteiger partial charge in [0.25, 0.3) is 0 Å². The topological polar surface area (TPSA) is 12.0 Å². The molecule has 1 N–H and O–H groups in total. The molecule has 102 valence electrons. The Hall–Kier alpha value is -0.630. The van der Waals surface area contributed by atoms with Crippen molar-refractivity contribution < 1.29 is 0 Å². The molecule has 0 saturated heterocycles. The maximum Gasteiger partial charge on any atom is 0.0480 e. The van der Waals surface area contributed by atoms with Gasteiger partial charge in [-0.15, -0.1) is 11.8 Å². The van der Waals surface area contributed by atoms with Gasteiger partial charge in [0, 0.05) is 16.6 Å². The van der Waals surface area contributed by atoms with Crippen LogP contribution in [0.25, 0.3) is 0 Å². The summed E-state index contributed by atoms with van der Waals surface area (Å²) in [5.41, 5.74) is 1.30. The molecule has 0 spiro atoms. The molecule has 1 aromatic rings. The van der Waals surface area contributed by atoms with Gasteiger partial charge in [-0.05, 0) is 31.2 Å². The number of hydrogen-bond acceptors (Lipinski definition) is 2. The Labute approximate surface area is 117 Å². The van der Waals surface area contributed by atoms with E-state index in [1.165, 1.54) is 42.7 Å². The van der Waals surface area contributed by atoms with Crippen LogP contribution in [-0.2, 0) is 0 Å². The van der Waals surface area contributed by atoms with Gasteiger partial charge in [0.1, 0.15) is 0 Å². The van der Waals surface area contributed by atoms with Gasteiger partial charge in [-0.1, -0.05) is 51.7 Å². The quantitative estimate of drug-likeness (QED) is 0.463. The molecule has 0 radical (unpaired) electrons. The van der Waals surface area contributed by atoms with Gasteiger partial charge in [-0.2, -0.15) is 0 Å². The van der Waals surface area contributed by atoms with Crippen molar-refractivity contribution in [2.75, 3.05) is 11.1 Å². The van der Waals surface area contributed by atoms with Crippen LogP contribution in [0.3, 0.4) is 0 Å². The average Bonchev–Trinajstić information content (AvgIpc) is 2.37. The maximum absolute atomic E-state index is 3.65. The Kier molecular flexibility index (Phi) is 7.99. The minimum atomic E-state index is 0.570. The van der Waals surface area contributed by atoms with Crippen molar-refractivity contribution in [3.63, 3.8) is 0 Å². The molecule has 0 aliphatic heterocycles. The van der Waals surface area contributed by atoms with E-state index in [2.05, 4.69) is 50.4 Å². The molecule has 0 aromatic heterocycles. The molecule has 1 nitrogen and oxygen atoms in total. The largest absolute Gasteiger partial charge is 0.382 e. The van der Waals surface area contributed by atoms with E-state index in [-0.39, 0.29) is 0 Å². The fourth-order valence-corrected chi connectivity index (χ4v) is 2.85. The van der Waals surface area contributed by atoms with Crippen molar-refractivity contribution in [2.24, 2.45) is 0 Å². The van der Waals surface area contributed by atoms with Gasteiger partial charge < -0.3 is 5.32 Å². The number of thioether (sulfide) groups is 1. The summed E-state index contributed by atoms with van der Waals surface area (Å²) in [4.78, 5) is 1.38. The zero-order valence-electron chi connectivity index (χ0n) is 12.0. The minimum absolute atomic E-state index is 0.570. The van der Waals surface area contributed by atoms with Crippen LogP contribution in [0.1, 0.15) is 52.9 Å². The standard InChI is InChI=1S/C16H27NS/c1-4-6-7-8-11-14(3)17-15-12-9-10-13-16(15)18-5-2/h9-10,12-14,17H,4-8,11H2,1-3H3. The lowest BCUT2D eigenvalue weighted by atomic mass is 10.1. The summed E-state index contributed by atoms with van der Waals surface area (Å²) >= 11 is 1.91. The highest BCUT2D eigenvalue weighted by atomic mass is 32.2. The third kappa shape index (κ3) is 5.81. The number of nitrogens with one attached hydrogen (secondary N) is 1. The molecule has 0 aliphatic carbocycles. The van der Waals surface area contributed by atoms with Crippen LogP contribution >= 0.6 is 11.8 Å². The highest BCUT2D eigenvalue weighted by Crippen LogP contribution is 2.27. The predicted octanol–water partition coefficient (Wildman–Crippen LogP) is 5.57. The van der Waals surface area contributed by atoms with Gasteiger partial charge in [0.2, 0.25) is 0 Å². The fraction of sp³-hybridized carbons (Fsp3) is 0.625. The average molecular weight is 265 g/mol. The highest BCUT2D eigenvalue weighted by Gasteiger charge is 2.05. The van der Waals surface area contributed by atoms with Crippen LogP contribution in [0.4, 0.5) is 5.69 Å². The Morgan fingerprint density at radius 2 is 1.89 bits per heavy atom. The summed E-state index contributed by atoms with van der Waals surface area (Å²) in [5.74, 6) is 1.13. The molecule has 0 fully saturated rings. The Bertz CT molecular complexity index is 325. The van der Waals surface area contributed by atoms with E-state index in [0.29, 0.717) is 6.04 Å². The number of hydrogen-bond donors (Lipinski definition) is 1. The van der Waals surface area contributed by atoms with Gasteiger partial charge in [0.05, 0.1) is 0 Å². The van der Waals surface area contributed by atoms with E-state index in [0.717, 1.165) is 5.75 Å². The first-order valence-corrected chi connectivity index (χ1v) is 8.24. The number of benzene rings is 1. The van der Waals surface area contributed by atoms with Crippen LogP contribution in [0.5, 0.6) is 0 Å². The van der Waals surface area contributed by atoms with E-state index in [9.17, 15) is 0 Å². The number of anilines is 1. The predicted molar refractivity (Wildman–Crippen MR) is 84.7 cm³/mol. The van der Waals surface area contributed by atoms with Crippen molar-refractivity contribution in [1.82, 2.24) is 0 Å². The van der Waals surface area contributed by atoms with Crippen molar-refractivity contribution in [3.8, 4) is 0 Å². The SMILES string of the molecule is CCCCCCC(C)Nc1ccccc1SCC. The van der Waals surface area contributed by atoms with Gasteiger partial charge in [-0.3, -0.25) is 0 Å². The van der Waals surface area contributed by atoms with Crippen molar-refractivity contribution in [1.29, 1.82) is 0 Å². The molecular formula is C16H27NS. The van der Waals surface area contributed by atoms with Crippen LogP contribution in [-0.4, -0.2) is 11.8 Å². The summed E-state index contributed by atoms with van der Waals surface area (Å²) in [6, 6.07) is 9.21. The molecule has 1 atom stereocenters. The van der Waals surface area contributed by atoms with Crippen molar-refractivity contribution in [2.45, 2.75) is 63.8 Å².